The van der Waals surface area contributed by atoms with Crippen LogP contribution in [0.1, 0.15) is 19.3 Å². The predicted octanol–water partition coefficient (Wildman–Crippen LogP) is 2.54. The average Bonchev–Trinajstić information content (AvgIpc) is 2.99. The van der Waals surface area contributed by atoms with Gasteiger partial charge in [0.25, 0.3) is 6.01 Å². The van der Waals surface area contributed by atoms with Crippen molar-refractivity contribution in [3.05, 3.63) is 24.0 Å². The molecule has 1 aromatic heterocycles. The number of hydrogen-bond acceptors (Lipinski definition) is 4. The van der Waals surface area contributed by atoms with Crippen molar-refractivity contribution in [1.29, 1.82) is 0 Å². The lowest BCUT2D eigenvalue weighted by Gasteiger charge is -2.12. The van der Waals surface area contributed by atoms with Gasteiger partial charge in [-0.2, -0.15) is 4.98 Å². The van der Waals surface area contributed by atoms with E-state index in [0.717, 1.165) is 25.8 Å². The second-order valence-corrected chi connectivity index (χ2v) is 4.96. The number of fused-ring (bicyclic) bond motifs is 1. The smallest absolute Gasteiger partial charge is 0.295 e. The highest BCUT2D eigenvalue weighted by atomic mass is 19.1. The maximum atomic E-state index is 13.0. The van der Waals surface area contributed by atoms with Gasteiger partial charge in [-0.25, -0.2) is 4.39 Å². The van der Waals surface area contributed by atoms with E-state index in [1.165, 1.54) is 12.1 Å². The number of hydrogen-bond donors (Lipinski definition) is 2. The Morgan fingerprint density at radius 1 is 1.44 bits per heavy atom. The lowest BCUT2D eigenvalue weighted by Crippen LogP contribution is -2.16. The van der Waals surface area contributed by atoms with Crippen LogP contribution in [0.15, 0.2) is 22.6 Å². The van der Waals surface area contributed by atoms with E-state index in [9.17, 15) is 4.39 Å². The number of nitrogens with one attached hydrogen (secondary N) is 1. The number of rotatable bonds is 5. The van der Waals surface area contributed by atoms with Gasteiger partial charge in [0, 0.05) is 19.2 Å². The fraction of sp³-hybridized carbons (Fsp3) is 0.462. The highest BCUT2D eigenvalue weighted by molar-refractivity contribution is 5.74. The van der Waals surface area contributed by atoms with Crippen molar-refractivity contribution < 1.29 is 13.9 Å². The Bertz CT molecular complexity index is 563. The van der Waals surface area contributed by atoms with Gasteiger partial charge in [-0.05, 0) is 36.8 Å². The molecule has 2 N–H and O–H groups in total. The zero-order valence-corrected chi connectivity index (χ0v) is 9.95. The number of aliphatic hydroxyl groups is 1. The summed E-state index contributed by atoms with van der Waals surface area (Å²) in [5, 5.41) is 12.1. The molecule has 1 fully saturated rings. The van der Waals surface area contributed by atoms with Gasteiger partial charge in [0.1, 0.15) is 11.3 Å². The highest BCUT2D eigenvalue weighted by Gasteiger charge is 2.41. The lowest BCUT2D eigenvalue weighted by molar-refractivity contribution is 0.253. The largest absolute Gasteiger partial charge is 0.424 e. The van der Waals surface area contributed by atoms with Crippen molar-refractivity contribution in [3.8, 4) is 0 Å². The van der Waals surface area contributed by atoms with E-state index in [4.69, 9.17) is 9.52 Å². The van der Waals surface area contributed by atoms with Gasteiger partial charge >= 0.3 is 0 Å². The molecule has 0 saturated heterocycles. The number of halogens is 1. The minimum Gasteiger partial charge on any atom is -0.424 e. The van der Waals surface area contributed by atoms with Crippen LogP contribution in [0.4, 0.5) is 10.4 Å². The van der Waals surface area contributed by atoms with Gasteiger partial charge in [-0.15, -0.1) is 0 Å². The normalized spacial score (nSPS) is 17.0. The van der Waals surface area contributed by atoms with Crippen LogP contribution in [-0.2, 0) is 0 Å². The quantitative estimate of drug-likeness (QED) is 0.856. The number of benzene rings is 1. The number of nitrogens with zero attached hydrogens (tertiary/aromatic N) is 1. The van der Waals surface area contributed by atoms with E-state index in [2.05, 4.69) is 10.3 Å². The van der Waals surface area contributed by atoms with Crippen molar-refractivity contribution in [2.45, 2.75) is 19.3 Å². The Hall–Kier alpha value is -1.62. The first-order chi connectivity index (χ1) is 8.71. The standard InChI is InChI=1S/C13H15FN2O2/c14-9-1-2-11-10(7-9)16-12(18-11)15-8-13(3-4-13)5-6-17/h1-2,7,17H,3-6,8H2,(H,15,16). The Labute approximate surface area is 104 Å². The topological polar surface area (TPSA) is 58.3 Å². The number of aromatic nitrogens is 1. The molecule has 18 heavy (non-hydrogen) atoms. The number of aliphatic hydroxyl groups excluding tert-OH is 1. The van der Waals surface area contributed by atoms with Crippen molar-refractivity contribution in [2.75, 3.05) is 18.5 Å². The first kappa shape index (κ1) is 11.5. The molecule has 1 aromatic carbocycles. The van der Waals surface area contributed by atoms with Crippen LogP contribution in [0.3, 0.4) is 0 Å². The van der Waals surface area contributed by atoms with Crippen molar-refractivity contribution in [2.24, 2.45) is 5.41 Å². The summed E-state index contributed by atoms with van der Waals surface area (Å²) >= 11 is 0. The Morgan fingerprint density at radius 2 is 2.28 bits per heavy atom. The predicted molar refractivity (Wildman–Crippen MR) is 65.8 cm³/mol. The van der Waals surface area contributed by atoms with Crippen LogP contribution < -0.4 is 5.32 Å². The highest BCUT2D eigenvalue weighted by Crippen LogP contribution is 2.48. The molecule has 3 rings (SSSR count). The molecule has 2 aromatic rings. The third kappa shape index (κ3) is 2.18. The molecule has 0 bridgehead atoms. The van der Waals surface area contributed by atoms with E-state index in [0.29, 0.717) is 17.1 Å². The Morgan fingerprint density at radius 3 is 3.00 bits per heavy atom. The number of oxazole rings is 1. The molecule has 0 unspecified atom stereocenters. The molecule has 5 heteroatoms. The average molecular weight is 250 g/mol. The summed E-state index contributed by atoms with van der Waals surface area (Å²) in [5.74, 6) is -0.318. The van der Waals surface area contributed by atoms with Gasteiger partial charge in [-0.3, -0.25) is 0 Å². The summed E-state index contributed by atoms with van der Waals surface area (Å²) in [5.41, 5.74) is 1.29. The minimum atomic E-state index is -0.318. The maximum Gasteiger partial charge on any atom is 0.295 e. The molecule has 0 atom stereocenters. The molecule has 1 heterocycles. The van der Waals surface area contributed by atoms with E-state index >= 15 is 0 Å². The summed E-state index contributed by atoms with van der Waals surface area (Å²) < 4.78 is 18.5. The van der Waals surface area contributed by atoms with E-state index in [-0.39, 0.29) is 17.8 Å². The van der Waals surface area contributed by atoms with Crippen LogP contribution in [0.25, 0.3) is 11.1 Å². The van der Waals surface area contributed by atoms with Crippen LogP contribution >= 0.6 is 0 Å². The monoisotopic (exact) mass is 250 g/mol. The summed E-state index contributed by atoms with van der Waals surface area (Å²) in [6.45, 7) is 0.948. The molecule has 4 nitrogen and oxygen atoms in total. The van der Waals surface area contributed by atoms with Crippen molar-refractivity contribution in [3.63, 3.8) is 0 Å². The molecule has 0 radical (unpaired) electrons. The van der Waals surface area contributed by atoms with Gasteiger partial charge in [0.15, 0.2) is 5.58 Å². The first-order valence-electron chi connectivity index (χ1n) is 6.12. The minimum absolute atomic E-state index is 0.195. The zero-order chi connectivity index (χ0) is 12.6. The van der Waals surface area contributed by atoms with Crippen LogP contribution in [0.5, 0.6) is 0 Å². The summed E-state index contributed by atoms with van der Waals surface area (Å²) in [7, 11) is 0. The molecule has 0 amide bonds. The van der Waals surface area contributed by atoms with Gasteiger partial charge in [-0.1, -0.05) is 0 Å². The Balaban J connectivity index is 1.71. The molecule has 1 aliphatic rings. The molecule has 96 valence electrons. The number of anilines is 1. The van der Waals surface area contributed by atoms with E-state index in [1.54, 1.807) is 6.07 Å². The zero-order valence-electron chi connectivity index (χ0n) is 9.95. The third-order valence-electron chi connectivity index (χ3n) is 3.56. The summed E-state index contributed by atoms with van der Waals surface area (Å²) in [4.78, 5) is 4.18. The summed E-state index contributed by atoms with van der Waals surface area (Å²) in [6.07, 6.45) is 3.04. The van der Waals surface area contributed by atoms with Gasteiger partial charge in [0.2, 0.25) is 0 Å². The van der Waals surface area contributed by atoms with E-state index in [1.807, 2.05) is 0 Å². The fourth-order valence-electron chi connectivity index (χ4n) is 2.17. The molecular formula is C13H15FN2O2. The van der Waals surface area contributed by atoms with Crippen LogP contribution in [-0.4, -0.2) is 23.2 Å². The molecule has 1 saturated carbocycles. The van der Waals surface area contributed by atoms with E-state index < -0.39 is 0 Å². The van der Waals surface area contributed by atoms with Gasteiger partial charge < -0.3 is 14.8 Å². The van der Waals surface area contributed by atoms with Crippen LogP contribution in [0, 0.1) is 11.2 Å². The lowest BCUT2D eigenvalue weighted by atomic mass is 10.0. The fourth-order valence-corrected chi connectivity index (χ4v) is 2.17. The SMILES string of the molecule is OCCC1(CNc2nc3cc(F)ccc3o2)CC1. The van der Waals surface area contributed by atoms with Crippen molar-refractivity contribution >= 4 is 17.1 Å². The van der Waals surface area contributed by atoms with Crippen molar-refractivity contribution in [1.82, 2.24) is 4.98 Å². The molecule has 0 spiro atoms. The second kappa shape index (κ2) is 4.24. The first-order valence-corrected chi connectivity index (χ1v) is 6.12. The molecule has 0 aliphatic heterocycles. The maximum absolute atomic E-state index is 13.0. The van der Waals surface area contributed by atoms with Gasteiger partial charge in [0.05, 0.1) is 0 Å². The third-order valence-corrected chi connectivity index (χ3v) is 3.56. The summed E-state index contributed by atoms with van der Waals surface area (Å²) in [6, 6.07) is 4.69. The second-order valence-electron chi connectivity index (χ2n) is 4.96. The Kier molecular flexibility index (Phi) is 2.70. The molecule has 1 aliphatic carbocycles. The van der Waals surface area contributed by atoms with Crippen LogP contribution in [0.2, 0.25) is 0 Å². The molecular weight excluding hydrogens is 235 g/mol.